The highest BCUT2D eigenvalue weighted by molar-refractivity contribution is 6.20. The van der Waals surface area contributed by atoms with Crippen molar-refractivity contribution in [3.05, 3.63) is 65.0 Å². The largest absolute Gasteiger partial charge is 0.416 e. The average molecular weight is 380 g/mol. The van der Waals surface area contributed by atoms with E-state index in [-0.39, 0.29) is 17.0 Å². The van der Waals surface area contributed by atoms with Crippen molar-refractivity contribution in [1.29, 1.82) is 0 Å². The summed E-state index contributed by atoms with van der Waals surface area (Å²) in [5.41, 5.74) is -2.61. The number of rotatable bonds is 2. The molecule has 0 radical (unpaired) electrons. The highest BCUT2D eigenvalue weighted by Crippen LogP contribution is 2.31. The number of carbonyl (C=O) groups excluding carboxylic acids is 2. The number of halogens is 7. The van der Waals surface area contributed by atoms with Crippen LogP contribution in [0.1, 0.15) is 15.9 Å². The van der Waals surface area contributed by atoms with Crippen LogP contribution in [-0.4, -0.2) is 11.9 Å². The molecular formula is C15H7F7N2O2. The lowest BCUT2D eigenvalue weighted by molar-refractivity contribution is -0.137. The Balaban J connectivity index is 2.52. The molecule has 0 heterocycles. The number of carbonyl (C=O) groups is 2. The summed E-state index contributed by atoms with van der Waals surface area (Å²) in [5, 5.41) is 0. The van der Waals surface area contributed by atoms with E-state index in [1.807, 2.05) is 0 Å². The second-order valence-corrected chi connectivity index (χ2v) is 4.83. The number of imide groups is 1. The molecule has 4 nitrogen and oxygen atoms in total. The minimum atomic E-state index is -4.73. The Morgan fingerprint density at radius 2 is 1.42 bits per heavy atom. The molecule has 0 aliphatic heterocycles. The van der Waals surface area contributed by atoms with Crippen LogP contribution in [0.4, 0.5) is 41.3 Å². The van der Waals surface area contributed by atoms with Gasteiger partial charge in [0.25, 0.3) is 5.91 Å². The third-order valence-corrected chi connectivity index (χ3v) is 3.16. The summed E-state index contributed by atoms with van der Waals surface area (Å²) in [4.78, 5) is 23.7. The lowest BCUT2D eigenvalue weighted by Crippen LogP contribution is -2.42. The van der Waals surface area contributed by atoms with Crippen LogP contribution in [0.2, 0.25) is 0 Å². The smallest absolute Gasteiger partial charge is 0.268 e. The van der Waals surface area contributed by atoms with E-state index in [2.05, 4.69) is 0 Å². The molecule has 0 unspecified atom stereocenters. The number of hydrogen-bond acceptors (Lipinski definition) is 2. The molecule has 0 aromatic heterocycles. The van der Waals surface area contributed by atoms with Gasteiger partial charge in [0, 0.05) is 12.1 Å². The van der Waals surface area contributed by atoms with Gasteiger partial charge in [-0.05, 0) is 24.3 Å². The van der Waals surface area contributed by atoms with E-state index in [0.29, 0.717) is 29.8 Å². The number of nitrogens with one attached hydrogen (secondary N) is 1. The number of urea groups is 1. The first kappa shape index (κ1) is 19.2. The molecule has 0 aliphatic carbocycles. The molecule has 26 heavy (non-hydrogen) atoms. The van der Waals surface area contributed by atoms with Gasteiger partial charge >= 0.3 is 12.2 Å². The molecule has 0 atom stereocenters. The van der Waals surface area contributed by atoms with Crippen molar-refractivity contribution >= 4 is 17.6 Å². The molecule has 0 aliphatic rings. The van der Waals surface area contributed by atoms with Gasteiger partial charge in [-0.2, -0.15) is 18.7 Å². The maximum absolute atomic E-state index is 13.7. The predicted octanol–water partition coefficient (Wildman–Crippen LogP) is 4.36. The second kappa shape index (κ2) is 7.02. The van der Waals surface area contributed by atoms with Gasteiger partial charge in [0.2, 0.25) is 0 Å². The number of benzene rings is 2. The summed E-state index contributed by atoms with van der Waals surface area (Å²) in [6, 6.07) is 0.656. The van der Waals surface area contributed by atoms with Crippen LogP contribution in [0.25, 0.3) is 0 Å². The summed E-state index contributed by atoms with van der Waals surface area (Å²) in [5.74, 6) is -6.48. The lowest BCUT2D eigenvalue weighted by Gasteiger charge is -2.20. The van der Waals surface area contributed by atoms with Gasteiger partial charge < -0.3 is 0 Å². The molecular weight excluding hydrogens is 373 g/mol. The van der Waals surface area contributed by atoms with Gasteiger partial charge in [-0.3, -0.25) is 4.79 Å². The summed E-state index contributed by atoms with van der Waals surface area (Å²) in [6.45, 7) is 0. The van der Waals surface area contributed by atoms with Gasteiger partial charge in [0.1, 0.15) is 23.0 Å². The number of amides is 3. The molecule has 0 bridgehead atoms. The summed E-state index contributed by atoms with van der Waals surface area (Å²) in [6.07, 6.45) is -4.73. The molecule has 3 amide bonds. The average Bonchev–Trinajstić information content (AvgIpc) is 2.53. The molecule has 2 rings (SSSR count). The Hall–Kier alpha value is -3.11. The number of hydrogen-bond donors (Lipinski definition) is 1. The molecule has 138 valence electrons. The normalized spacial score (nSPS) is 11.2. The second-order valence-electron chi connectivity index (χ2n) is 4.83. The van der Waals surface area contributed by atoms with Crippen LogP contribution in [0, 0.1) is 17.5 Å². The van der Waals surface area contributed by atoms with Gasteiger partial charge in [-0.15, -0.1) is 0 Å². The van der Waals surface area contributed by atoms with Crippen LogP contribution in [0.5, 0.6) is 0 Å². The van der Waals surface area contributed by atoms with Crippen molar-refractivity contribution in [1.82, 2.24) is 5.54 Å². The van der Waals surface area contributed by atoms with Crippen molar-refractivity contribution in [2.24, 2.45) is 0 Å². The Labute approximate surface area is 140 Å². The van der Waals surface area contributed by atoms with E-state index < -0.39 is 52.4 Å². The standard InChI is InChI=1S/C15H7F7N2O2/c16-8-5-10(17)12(11(18)6-8)13(25)24(14(26)23-22)9-3-1-7(2-4-9)15(19,20)21/h1-6H,(H,23,26). The topological polar surface area (TPSA) is 49.4 Å². The monoisotopic (exact) mass is 380 g/mol. The van der Waals surface area contributed by atoms with E-state index in [4.69, 9.17) is 0 Å². The predicted molar refractivity (Wildman–Crippen MR) is 74.2 cm³/mol. The molecule has 2 aromatic rings. The third kappa shape index (κ3) is 3.76. The van der Waals surface area contributed by atoms with Crippen LogP contribution in [0.3, 0.4) is 0 Å². The quantitative estimate of drug-likeness (QED) is 0.622. The van der Waals surface area contributed by atoms with Crippen LogP contribution < -0.4 is 10.4 Å². The van der Waals surface area contributed by atoms with Crippen molar-refractivity contribution in [2.75, 3.05) is 4.90 Å². The molecule has 11 heteroatoms. The number of anilines is 1. The minimum Gasteiger partial charge on any atom is -0.268 e. The zero-order chi connectivity index (χ0) is 19.6. The summed E-state index contributed by atoms with van der Waals surface area (Å²) in [7, 11) is 0. The van der Waals surface area contributed by atoms with Crippen molar-refractivity contribution in [2.45, 2.75) is 6.18 Å². The summed E-state index contributed by atoms with van der Waals surface area (Å²) < 4.78 is 90.6. The zero-order valence-corrected chi connectivity index (χ0v) is 12.4. The molecule has 0 spiro atoms. The van der Waals surface area contributed by atoms with Crippen molar-refractivity contribution in [3.8, 4) is 0 Å². The Kier molecular flexibility index (Phi) is 5.19. The lowest BCUT2D eigenvalue weighted by atomic mass is 10.1. The first-order valence-corrected chi connectivity index (χ1v) is 6.63. The highest BCUT2D eigenvalue weighted by Gasteiger charge is 2.33. The van der Waals surface area contributed by atoms with Crippen molar-refractivity contribution in [3.63, 3.8) is 0 Å². The van der Waals surface area contributed by atoms with E-state index in [0.717, 1.165) is 0 Å². The van der Waals surface area contributed by atoms with Crippen LogP contribution >= 0.6 is 0 Å². The van der Waals surface area contributed by atoms with Gasteiger partial charge in [0.05, 0.1) is 11.3 Å². The zero-order valence-electron chi connectivity index (χ0n) is 12.4. The van der Waals surface area contributed by atoms with E-state index in [1.165, 1.54) is 0 Å². The molecule has 0 saturated carbocycles. The van der Waals surface area contributed by atoms with Crippen LogP contribution in [0.15, 0.2) is 36.4 Å². The minimum absolute atomic E-state index is 0.139. The third-order valence-electron chi connectivity index (χ3n) is 3.16. The van der Waals surface area contributed by atoms with Gasteiger partial charge in [-0.25, -0.2) is 22.9 Å². The van der Waals surface area contributed by atoms with E-state index in [9.17, 15) is 40.4 Å². The SMILES string of the molecule is O=C(NF)N(C(=O)c1c(F)cc(F)cc1F)c1ccc(C(F)(F)F)cc1. The molecule has 2 aromatic carbocycles. The van der Waals surface area contributed by atoms with Gasteiger partial charge in [-0.1, -0.05) is 4.48 Å². The number of nitrogens with zero attached hydrogens (tertiary/aromatic N) is 1. The first-order chi connectivity index (χ1) is 12.1. The Morgan fingerprint density at radius 1 is 0.923 bits per heavy atom. The fourth-order valence-electron chi connectivity index (χ4n) is 2.03. The first-order valence-electron chi connectivity index (χ1n) is 6.63. The maximum atomic E-state index is 13.7. The van der Waals surface area contributed by atoms with Gasteiger partial charge in [0.15, 0.2) is 0 Å². The molecule has 0 saturated heterocycles. The fourth-order valence-corrected chi connectivity index (χ4v) is 2.03. The fraction of sp³-hybridized carbons (Fsp3) is 0.0667. The highest BCUT2D eigenvalue weighted by atomic mass is 19.4. The molecule has 0 fully saturated rings. The van der Waals surface area contributed by atoms with E-state index >= 15 is 0 Å². The van der Waals surface area contributed by atoms with Crippen LogP contribution in [-0.2, 0) is 6.18 Å². The van der Waals surface area contributed by atoms with E-state index in [1.54, 1.807) is 0 Å². The number of alkyl halides is 3. The van der Waals surface area contributed by atoms with Crippen molar-refractivity contribution < 1.29 is 40.4 Å². The molecule has 1 N–H and O–H groups in total. The summed E-state index contributed by atoms with van der Waals surface area (Å²) >= 11 is 0. The Morgan fingerprint density at radius 3 is 1.85 bits per heavy atom. The Bertz CT molecular complexity index is 827. The maximum Gasteiger partial charge on any atom is 0.416 e.